The highest BCUT2D eigenvalue weighted by Crippen LogP contribution is 2.26. The van der Waals surface area contributed by atoms with Gasteiger partial charge in [-0.1, -0.05) is 11.6 Å². The molecule has 3 amide bonds. The average molecular weight is 416 g/mol. The lowest BCUT2D eigenvalue weighted by molar-refractivity contribution is -0.124. The molecule has 0 bridgehead atoms. The summed E-state index contributed by atoms with van der Waals surface area (Å²) in [6.45, 7) is 1.06. The molecule has 0 aliphatic rings. The maximum absolute atomic E-state index is 11.9. The van der Waals surface area contributed by atoms with Crippen molar-refractivity contribution in [2.24, 2.45) is 16.0 Å². The summed E-state index contributed by atoms with van der Waals surface area (Å²) in [6.07, 6.45) is -0.387. The third kappa shape index (κ3) is 7.15. The molecule has 0 saturated carbocycles. The van der Waals surface area contributed by atoms with Crippen molar-refractivity contribution in [1.29, 1.82) is 0 Å². The Labute approximate surface area is 171 Å². The molecule has 29 heavy (non-hydrogen) atoms. The second-order valence-electron chi connectivity index (χ2n) is 5.95. The van der Waals surface area contributed by atoms with Crippen LogP contribution in [0.15, 0.2) is 52.7 Å². The fraction of sp³-hybridized carbons (Fsp3) is 0.158. The molecule has 0 saturated heterocycles. The number of carbonyl (C=O) groups excluding carboxylic acids is 4. The Morgan fingerprint density at radius 1 is 1.00 bits per heavy atom. The zero-order valence-corrected chi connectivity index (χ0v) is 16.2. The van der Waals surface area contributed by atoms with E-state index < -0.39 is 17.6 Å². The van der Waals surface area contributed by atoms with E-state index in [1.165, 1.54) is 25.1 Å². The summed E-state index contributed by atoms with van der Waals surface area (Å²) in [7, 11) is 0. The van der Waals surface area contributed by atoms with Crippen LogP contribution in [0.4, 0.5) is 17.1 Å². The molecule has 10 heteroatoms. The third-order valence-corrected chi connectivity index (χ3v) is 3.82. The number of hydrogen-bond donors (Lipinski definition) is 3. The van der Waals surface area contributed by atoms with Crippen LogP contribution in [0.5, 0.6) is 0 Å². The van der Waals surface area contributed by atoms with Crippen LogP contribution in [0.25, 0.3) is 0 Å². The Morgan fingerprint density at radius 3 is 2.21 bits per heavy atom. The zero-order chi connectivity index (χ0) is 21.4. The van der Waals surface area contributed by atoms with Gasteiger partial charge < -0.3 is 16.4 Å². The van der Waals surface area contributed by atoms with Gasteiger partial charge in [0.15, 0.2) is 5.78 Å². The van der Waals surface area contributed by atoms with Gasteiger partial charge in [0.1, 0.15) is 12.2 Å². The fourth-order valence-electron chi connectivity index (χ4n) is 2.21. The number of Topliss-reactive ketones (excluding diaryl/α,β-unsaturated/α-hetero) is 1. The number of rotatable bonds is 8. The number of nitrogens with zero attached hydrogens (tertiary/aromatic N) is 2. The molecular formula is C19H18ClN5O4. The highest BCUT2D eigenvalue weighted by Gasteiger charge is 2.10. The molecule has 0 atom stereocenters. The first kappa shape index (κ1) is 21.7. The predicted molar refractivity (Wildman–Crippen MR) is 108 cm³/mol. The molecule has 150 valence electrons. The second kappa shape index (κ2) is 10.1. The van der Waals surface area contributed by atoms with Crippen molar-refractivity contribution in [3.63, 3.8) is 0 Å². The molecule has 0 radical (unpaired) electrons. The molecule has 4 N–H and O–H groups in total. The van der Waals surface area contributed by atoms with E-state index in [1.807, 2.05) is 0 Å². The number of anilines is 2. The normalized spacial score (nSPS) is 10.6. The van der Waals surface area contributed by atoms with Crippen molar-refractivity contribution in [2.45, 2.75) is 13.3 Å². The Kier molecular flexibility index (Phi) is 7.55. The van der Waals surface area contributed by atoms with Gasteiger partial charge >= 0.3 is 0 Å². The molecule has 0 heterocycles. The van der Waals surface area contributed by atoms with E-state index in [0.717, 1.165) is 0 Å². The number of ketones is 1. The van der Waals surface area contributed by atoms with Crippen LogP contribution in [0, 0.1) is 0 Å². The summed E-state index contributed by atoms with van der Waals surface area (Å²) in [6, 6.07) is 10.7. The molecule has 2 aromatic rings. The second-order valence-corrected chi connectivity index (χ2v) is 6.36. The van der Waals surface area contributed by atoms with Gasteiger partial charge in [0.25, 0.3) is 0 Å². The standard InChI is InChI=1S/C19H18ClN5O4/c1-11(26)23-13-3-5-14(6-4-13)24-18(28)9-15(27)10-22-25-17-8-12(19(21)29)2-7-16(17)20/h2-8H,9-10H2,1H3,(H2,21,29)(H,23,26)(H,24,28). The van der Waals surface area contributed by atoms with Crippen molar-refractivity contribution in [3.05, 3.63) is 53.1 Å². The SMILES string of the molecule is CC(=O)Nc1ccc(NC(=O)CC(=O)CN=Nc2cc(C(N)=O)ccc2Cl)cc1. The summed E-state index contributed by atoms with van der Waals surface area (Å²) in [5.74, 6) is -1.81. The molecule has 0 spiro atoms. The number of halogens is 1. The topological polar surface area (TPSA) is 143 Å². The van der Waals surface area contributed by atoms with Crippen molar-refractivity contribution in [1.82, 2.24) is 0 Å². The highest BCUT2D eigenvalue weighted by atomic mass is 35.5. The monoisotopic (exact) mass is 415 g/mol. The van der Waals surface area contributed by atoms with E-state index in [0.29, 0.717) is 11.4 Å². The van der Waals surface area contributed by atoms with Crippen LogP contribution in [-0.4, -0.2) is 30.0 Å². The number of hydrogen-bond acceptors (Lipinski definition) is 6. The van der Waals surface area contributed by atoms with Crippen LogP contribution >= 0.6 is 11.6 Å². The first-order valence-electron chi connectivity index (χ1n) is 8.40. The van der Waals surface area contributed by atoms with E-state index in [2.05, 4.69) is 20.9 Å². The van der Waals surface area contributed by atoms with Crippen molar-refractivity contribution >= 4 is 52.2 Å². The van der Waals surface area contributed by atoms with Gasteiger partial charge in [-0.3, -0.25) is 19.2 Å². The molecule has 2 rings (SSSR count). The van der Waals surface area contributed by atoms with Gasteiger partial charge in [0.05, 0.1) is 11.4 Å². The summed E-state index contributed by atoms with van der Waals surface area (Å²) < 4.78 is 0. The van der Waals surface area contributed by atoms with Gasteiger partial charge in [-0.15, -0.1) is 0 Å². The molecular weight excluding hydrogens is 398 g/mol. The molecule has 0 aromatic heterocycles. The number of amides is 3. The quantitative estimate of drug-likeness (QED) is 0.449. The summed E-state index contributed by atoms with van der Waals surface area (Å²) >= 11 is 5.95. The minimum absolute atomic E-state index is 0.194. The Bertz CT molecular complexity index is 973. The van der Waals surface area contributed by atoms with Gasteiger partial charge in [0, 0.05) is 23.9 Å². The van der Waals surface area contributed by atoms with Crippen LogP contribution < -0.4 is 16.4 Å². The summed E-state index contributed by atoms with van der Waals surface area (Å²) in [5.41, 5.74) is 6.66. The Balaban J connectivity index is 1.86. The fourth-order valence-corrected chi connectivity index (χ4v) is 2.37. The predicted octanol–water partition coefficient (Wildman–Crippen LogP) is 3.08. The summed E-state index contributed by atoms with van der Waals surface area (Å²) in [4.78, 5) is 46.0. The maximum atomic E-state index is 11.9. The van der Waals surface area contributed by atoms with Crippen molar-refractivity contribution in [3.8, 4) is 0 Å². The molecule has 0 fully saturated rings. The van der Waals surface area contributed by atoms with Gasteiger partial charge in [0.2, 0.25) is 17.7 Å². The van der Waals surface area contributed by atoms with Gasteiger partial charge in [-0.2, -0.15) is 10.2 Å². The molecule has 9 nitrogen and oxygen atoms in total. The molecule has 2 aromatic carbocycles. The Morgan fingerprint density at radius 2 is 1.62 bits per heavy atom. The van der Waals surface area contributed by atoms with Crippen LogP contribution in [0.3, 0.4) is 0 Å². The number of benzene rings is 2. The van der Waals surface area contributed by atoms with E-state index in [1.54, 1.807) is 24.3 Å². The zero-order valence-electron chi connectivity index (χ0n) is 15.4. The minimum atomic E-state index is -0.643. The molecule has 0 aliphatic heterocycles. The number of nitrogens with one attached hydrogen (secondary N) is 2. The lowest BCUT2D eigenvalue weighted by atomic mass is 10.2. The first-order valence-corrected chi connectivity index (χ1v) is 8.78. The van der Waals surface area contributed by atoms with Gasteiger partial charge in [-0.25, -0.2) is 0 Å². The van der Waals surface area contributed by atoms with Crippen molar-refractivity contribution in [2.75, 3.05) is 17.2 Å². The number of nitrogens with two attached hydrogens (primary N) is 1. The Hall–Kier alpha value is -3.59. The van der Waals surface area contributed by atoms with Crippen molar-refractivity contribution < 1.29 is 19.2 Å². The van der Waals surface area contributed by atoms with E-state index >= 15 is 0 Å². The van der Waals surface area contributed by atoms with Crippen LogP contribution in [0.1, 0.15) is 23.7 Å². The van der Waals surface area contributed by atoms with E-state index in [4.69, 9.17) is 17.3 Å². The number of primary amides is 1. The number of azo groups is 1. The maximum Gasteiger partial charge on any atom is 0.248 e. The third-order valence-electron chi connectivity index (χ3n) is 3.50. The van der Waals surface area contributed by atoms with E-state index in [-0.39, 0.29) is 35.1 Å². The van der Waals surface area contributed by atoms with Crippen LogP contribution in [-0.2, 0) is 14.4 Å². The lowest BCUT2D eigenvalue weighted by Gasteiger charge is -2.06. The smallest absolute Gasteiger partial charge is 0.248 e. The first-order chi connectivity index (χ1) is 13.7. The average Bonchev–Trinajstić information content (AvgIpc) is 2.64. The number of carbonyl (C=O) groups is 4. The minimum Gasteiger partial charge on any atom is -0.366 e. The highest BCUT2D eigenvalue weighted by molar-refractivity contribution is 6.33. The molecule has 0 unspecified atom stereocenters. The van der Waals surface area contributed by atoms with Gasteiger partial charge in [-0.05, 0) is 42.5 Å². The van der Waals surface area contributed by atoms with Crippen LogP contribution in [0.2, 0.25) is 5.02 Å². The summed E-state index contributed by atoms with van der Waals surface area (Å²) in [5, 5.41) is 13.0. The lowest BCUT2D eigenvalue weighted by Crippen LogP contribution is -2.17. The van der Waals surface area contributed by atoms with E-state index in [9.17, 15) is 19.2 Å². The largest absolute Gasteiger partial charge is 0.366 e. The molecule has 0 aliphatic carbocycles.